The molecule has 5 heteroatoms. The number of rotatable bonds is 11. The normalized spacial score (nSPS) is 16.8. The van der Waals surface area contributed by atoms with Crippen LogP contribution < -0.4 is 9.64 Å². The first kappa shape index (κ1) is 26.5. The highest BCUT2D eigenvalue weighted by Crippen LogP contribution is 2.39. The van der Waals surface area contributed by atoms with Gasteiger partial charge in [-0.1, -0.05) is 81.4 Å². The SMILES string of the molecule is COc1ccc(N2C[C@@H]2[C@@H](CO[Si](C)(C)C(C)(C)C)N(Cc2ccccc2)Cc2ccccc2)cc1. The van der Waals surface area contributed by atoms with Crippen LogP contribution >= 0.6 is 0 Å². The first-order valence-electron chi connectivity index (χ1n) is 13.0. The zero-order valence-electron chi connectivity index (χ0n) is 22.8. The molecule has 36 heavy (non-hydrogen) atoms. The number of benzene rings is 3. The summed E-state index contributed by atoms with van der Waals surface area (Å²) in [5.74, 6) is 0.893. The molecule has 2 atom stereocenters. The smallest absolute Gasteiger partial charge is 0.192 e. The average Bonchev–Trinajstić information content (AvgIpc) is 3.65. The second-order valence-electron chi connectivity index (χ2n) is 11.4. The standard InChI is InChI=1S/C31H42N2O2Si/c1-31(2,3)36(5,6)35-24-30(29-23-33(29)27-17-19-28(34-4)20-18-27)32(21-25-13-9-7-10-14-25)22-26-15-11-8-12-16-26/h7-20,29-30H,21-24H2,1-6H3/t29-,30-,33?/m1/s1. The van der Waals surface area contributed by atoms with Crippen LogP contribution in [0.25, 0.3) is 0 Å². The maximum Gasteiger partial charge on any atom is 0.192 e. The van der Waals surface area contributed by atoms with Gasteiger partial charge in [0, 0.05) is 25.3 Å². The second kappa shape index (κ2) is 11.2. The van der Waals surface area contributed by atoms with E-state index in [4.69, 9.17) is 9.16 Å². The first-order valence-corrected chi connectivity index (χ1v) is 16.0. The van der Waals surface area contributed by atoms with Crippen LogP contribution in [-0.2, 0) is 17.5 Å². The Morgan fingerprint density at radius 3 is 1.86 bits per heavy atom. The third-order valence-corrected chi connectivity index (χ3v) is 12.3. The topological polar surface area (TPSA) is 24.7 Å². The number of hydrogen-bond donors (Lipinski definition) is 0. The molecular weight excluding hydrogens is 460 g/mol. The molecule has 0 aliphatic carbocycles. The summed E-state index contributed by atoms with van der Waals surface area (Å²) in [4.78, 5) is 5.13. The summed E-state index contributed by atoms with van der Waals surface area (Å²) < 4.78 is 12.3. The molecule has 0 aromatic heterocycles. The van der Waals surface area contributed by atoms with Crippen molar-refractivity contribution in [3.05, 3.63) is 96.1 Å². The molecule has 4 nitrogen and oxygen atoms in total. The van der Waals surface area contributed by atoms with Crippen molar-refractivity contribution in [1.29, 1.82) is 0 Å². The molecule has 1 aliphatic heterocycles. The van der Waals surface area contributed by atoms with E-state index in [1.807, 2.05) is 0 Å². The van der Waals surface area contributed by atoms with Crippen molar-refractivity contribution < 1.29 is 9.16 Å². The first-order chi connectivity index (χ1) is 17.2. The molecule has 3 aromatic rings. The number of nitrogens with zero attached hydrogens (tertiary/aromatic N) is 2. The Bertz CT molecular complexity index is 1040. The number of hydrogen-bond acceptors (Lipinski definition) is 4. The monoisotopic (exact) mass is 502 g/mol. The molecule has 0 spiro atoms. The van der Waals surface area contributed by atoms with Gasteiger partial charge in [0.05, 0.1) is 25.8 Å². The zero-order chi connectivity index (χ0) is 25.8. The van der Waals surface area contributed by atoms with Crippen molar-refractivity contribution in [1.82, 2.24) is 4.90 Å². The fourth-order valence-electron chi connectivity index (χ4n) is 4.45. The van der Waals surface area contributed by atoms with Crippen LogP contribution in [0.2, 0.25) is 18.1 Å². The quantitative estimate of drug-likeness (QED) is 0.209. The van der Waals surface area contributed by atoms with Crippen LogP contribution in [0.15, 0.2) is 84.9 Å². The van der Waals surface area contributed by atoms with Crippen LogP contribution in [0.5, 0.6) is 5.75 Å². The molecule has 1 heterocycles. The maximum absolute atomic E-state index is 6.89. The van der Waals surface area contributed by atoms with E-state index >= 15 is 0 Å². The number of methoxy groups -OCH3 is 1. The summed E-state index contributed by atoms with van der Waals surface area (Å²) >= 11 is 0. The van der Waals surface area contributed by atoms with E-state index < -0.39 is 8.32 Å². The van der Waals surface area contributed by atoms with Gasteiger partial charge in [-0.15, -0.1) is 0 Å². The average molecular weight is 503 g/mol. The molecule has 1 saturated heterocycles. The van der Waals surface area contributed by atoms with Crippen molar-refractivity contribution in [2.24, 2.45) is 0 Å². The fourth-order valence-corrected chi connectivity index (χ4v) is 5.47. The van der Waals surface area contributed by atoms with E-state index in [0.717, 1.165) is 32.0 Å². The van der Waals surface area contributed by atoms with Crippen molar-refractivity contribution >= 4 is 14.0 Å². The Balaban J connectivity index is 1.62. The summed E-state index contributed by atoms with van der Waals surface area (Å²) in [6.07, 6.45) is 0. The van der Waals surface area contributed by atoms with Gasteiger partial charge in [-0.05, 0) is 53.5 Å². The summed E-state index contributed by atoms with van der Waals surface area (Å²) in [5, 5.41) is 0.181. The third kappa shape index (κ3) is 6.58. The number of anilines is 1. The van der Waals surface area contributed by atoms with E-state index in [1.54, 1.807) is 7.11 Å². The molecule has 0 N–H and O–H groups in total. The lowest BCUT2D eigenvalue weighted by Crippen LogP contribution is -2.48. The molecular formula is C31H42N2O2Si. The van der Waals surface area contributed by atoms with Crippen LogP contribution in [0.4, 0.5) is 5.69 Å². The van der Waals surface area contributed by atoms with Crippen LogP contribution in [0, 0.1) is 0 Å². The molecule has 0 radical (unpaired) electrons. The van der Waals surface area contributed by atoms with Crippen LogP contribution in [-0.4, -0.2) is 45.6 Å². The van der Waals surface area contributed by atoms with Crippen LogP contribution in [0.1, 0.15) is 31.9 Å². The molecule has 192 valence electrons. The predicted molar refractivity (Wildman–Crippen MR) is 153 cm³/mol. The lowest BCUT2D eigenvalue weighted by molar-refractivity contribution is 0.114. The van der Waals surface area contributed by atoms with Gasteiger partial charge in [-0.2, -0.15) is 0 Å². The van der Waals surface area contributed by atoms with Gasteiger partial charge >= 0.3 is 0 Å². The van der Waals surface area contributed by atoms with Crippen molar-refractivity contribution in [2.45, 2.75) is 64.1 Å². The molecule has 1 fully saturated rings. The molecule has 0 unspecified atom stereocenters. The highest BCUT2D eigenvalue weighted by molar-refractivity contribution is 6.74. The summed E-state index contributed by atoms with van der Waals surface area (Å²) in [7, 11) is -0.174. The van der Waals surface area contributed by atoms with Gasteiger partial charge in [-0.3, -0.25) is 4.90 Å². The van der Waals surface area contributed by atoms with Gasteiger partial charge in [0.25, 0.3) is 0 Å². The highest BCUT2D eigenvalue weighted by atomic mass is 28.4. The highest BCUT2D eigenvalue weighted by Gasteiger charge is 2.45. The van der Waals surface area contributed by atoms with E-state index in [9.17, 15) is 0 Å². The van der Waals surface area contributed by atoms with Crippen molar-refractivity contribution in [3.8, 4) is 5.75 Å². The molecule has 0 saturated carbocycles. The van der Waals surface area contributed by atoms with Crippen LogP contribution in [0.3, 0.4) is 0 Å². The van der Waals surface area contributed by atoms with Gasteiger partial charge in [0.15, 0.2) is 8.32 Å². The lowest BCUT2D eigenvalue weighted by atomic mass is 10.1. The summed E-state index contributed by atoms with van der Waals surface area (Å²) in [6.45, 7) is 15.3. The Kier molecular flexibility index (Phi) is 8.23. The predicted octanol–water partition coefficient (Wildman–Crippen LogP) is 6.98. The Morgan fingerprint density at radius 2 is 1.39 bits per heavy atom. The number of ether oxygens (including phenoxy) is 1. The second-order valence-corrected chi connectivity index (χ2v) is 16.2. The molecule has 0 amide bonds. The zero-order valence-corrected chi connectivity index (χ0v) is 23.8. The Morgan fingerprint density at radius 1 is 0.861 bits per heavy atom. The molecule has 4 rings (SSSR count). The van der Waals surface area contributed by atoms with E-state index in [0.29, 0.717) is 6.04 Å². The fraction of sp³-hybridized carbons (Fsp3) is 0.419. The summed E-state index contributed by atoms with van der Waals surface area (Å²) in [5.41, 5.74) is 3.92. The van der Waals surface area contributed by atoms with Gasteiger partial charge in [-0.25, -0.2) is 0 Å². The molecule has 0 bridgehead atoms. The largest absolute Gasteiger partial charge is 0.497 e. The van der Waals surface area contributed by atoms with Gasteiger partial charge in [0.1, 0.15) is 5.75 Å². The maximum atomic E-state index is 6.89. The molecule has 1 aliphatic rings. The van der Waals surface area contributed by atoms with Gasteiger partial charge < -0.3 is 14.1 Å². The minimum atomic E-state index is -1.89. The minimum absolute atomic E-state index is 0.181. The molecule has 3 aromatic carbocycles. The van der Waals surface area contributed by atoms with Crippen molar-refractivity contribution in [3.63, 3.8) is 0 Å². The van der Waals surface area contributed by atoms with E-state index in [1.165, 1.54) is 16.8 Å². The Labute approximate surface area is 219 Å². The third-order valence-electron chi connectivity index (χ3n) is 7.85. The lowest BCUT2D eigenvalue weighted by Gasteiger charge is -2.39. The minimum Gasteiger partial charge on any atom is -0.497 e. The van der Waals surface area contributed by atoms with Crippen molar-refractivity contribution in [2.75, 3.05) is 25.2 Å². The Hall–Kier alpha value is -2.60. The van der Waals surface area contributed by atoms with E-state index in [2.05, 4.69) is 129 Å². The van der Waals surface area contributed by atoms with Gasteiger partial charge in [0.2, 0.25) is 0 Å². The van der Waals surface area contributed by atoms with E-state index in [-0.39, 0.29) is 11.1 Å². The summed E-state index contributed by atoms with van der Waals surface area (Å²) in [6, 6.07) is 30.8.